The van der Waals surface area contributed by atoms with Crippen molar-refractivity contribution in [3.05, 3.63) is 29.8 Å². The number of carboxylic acids is 1. The molecule has 0 saturated carbocycles. The lowest BCUT2D eigenvalue weighted by Crippen LogP contribution is -2.34. The zero-order valence-electron chi connectivity index (χ0n) is 13.4. The zero-order valence-corrected chi connectivity index (χ0v) is 14.2. The number of benzene rings is 1. The standard InChI is InChI=1S/C14H17F3N2O5S/c1-9(13(21)22)7-19(2)25(23,24)11-5-3-10(4-6-11)12(20)18-8-14(15,16)17/h3-6,9H,7-8H2,1-2H3,(H,18,20)(H,21,22). The molecule has 0 radical (unpaired) electrons. The average Bonchev–Trinajstić information content (AvgIpc) is 2.51. The molecule has 1 unspecified atom stereocenters. The zero-order chi connectivity index (χ0) is 19.4. The predicted octanol–water partition coefficient (Wildman–Crippen LogP) is 1.32. The van der Waals surface area contributed by atoms with Gasteiger partial charge in [-0.3, -0.25) is 9.59 Å². The quantitative estimate of drug-likeness (QED) is 0.740. The molecule has 140 valence electrons. The number of hydrogen-bond donors (Lipinski definition) is 2. The number of halogens is 3. The van der Waals surface area contributed by atoms with Crippen LogP contribution in [0.25, 0.3) is 0 Å². The van der Waals surface area contributed by atoms with Crippen LogP contribution in [0, 0.1) is 5.92 Å². The molecule has 11 heteroatoms. The van der Waals surface area contributed by atoms with Gasteiger partial charge >= 0.3 is 12.1 Å². The number of hydrogen-bond acceptors (Lipinski definition) is 4. The van der Waals surface area contributed by atoms with Crippen LogP contribution < -0.4 is 5.32 Å². The summed E-state index contributed by atoms with van der Waals surface area (Å²) in [6.07, 6.45) is -4.55. The fraction of sp³-hybridized carbons (Fsp3) is 0.429. The number of carbonyl (C=O) groups excluding carboxylic acids is 1. The van der Waals surface area contributed by atoms with Crippen LogP contribution in [0.2, 0.25) is 0 Å². The van der Waals surface area contributed by atoms with Crippen LogP contribution in [0.5, 0.6) is 0 Å². The van der Waals surface area contributed by atoms with Crippen LogP contribution in [0.3, 0.4) is 0 Å². The topological polar surface area (TPSA) is 104 Å². The van der Waals surface area contributed by atoms with Crippen molar-refractivity contribution in [3.63, 3.8) is 0 Å². The van der Waals surface area contributed by atoms with Crippen LogP contribution in [-0.2, 0) is 14.8 Å². The Labute approximate surface area is 142 Å². The Morgan fingerprint density at radius 3 is 2.20 bits per heavy atom. The SMILES string of the molecule is CC(CN(C)S(=O)(=O)c1ccc(C(=O)NCC(F)(F)F)cc1)C(=O)O. The van der Waals surface area contributed by atoms with Crippen LogP contribution in [0.1, 0.15) is 17.3 Å². The fourth-order valence-electron chi connectivity index (χ4n) is 1.80. The molecule has 0 aliphatic rings. The van der Waals surface area contributed by atoms with Crippen LogP contribution in [0.15, 0.2) is 29.2 Å². The highest BCUT2D eigenvalue weighted by Crippen LogP contribution is 2.17. The number of rotatable bonds is 7. The second-order valence-corrected chi connectivity index (χ2v) is 7.39. The maximum absolute atomic E-state index is 12.3. The molecule has 1 amide bonds. The minimum Gasteiger partial charge on any atom is -0.481 e. The van der Waals surface area contributed by atoms with Crippen molar-refractivity contribution in [1.82, 2.24) is 9.62 Å². The number of aliphatic carboxylic acids is 1. The molecule has 1 atom stereocenters. The first-order valence-corrected chi connectivity index (χ1v) is 8.43. The number of alkyl halides is 3. The number of nitrogens with zero attached hydrogens (tertiary/aromatic N) is 1. The Morgan fingerprint density at radius 1 is 1.24 bits per heavy atom. The van der Waals surface area contributed by atoms with E-state index in [4.69, 9.17) is 5.11 Å². The smallest absolute Gasteiger partial charge is 0.405 e. The Morgan fingerprint density at radius 2 is 1.76 bits per heavy atom. The van der Waals surface area contributed by atoms with Gasteiger partial charge in [-0.2, -0.15) is 13.2 Å². The summed E-state index contributed by atoms with van der Waals surface area (Å²) < 4.78 is 61.7. The summed E-state index contributed by atoms with van der Waals surface area (Å²) >= 11 is 0. The van der Waals surface area contributed by atoms with Crippen LogP contribution >= 0.6 is 0 Å². The Balaban J connectivity index is 2.87. The molecule has 25 heavy (non-hydrogen) atoms. The summed E-state index contributed by atoms with van der Waals surface area (Å²) in [7, 11) is -2.78. The number of amides is 1. The predicted molar refractivity (Wildman–Crippen MR) is 81.4 cm³/mol. The molecule has 0 aliphatic carbocycles. The van der Waals surface area contributed by atoms with Gasteiger partial charge in [0.1, 0.15) is 6.54 Å². The van der Waals surface area contributed by atoms with Gasteiger partial charge in [0.25, 0.3) is 5.91 Å². The number of carbonyl (C=O) groups is 2. The van der Waals surface area contributed by atoms with Gasteiger partial charge in [-0.05, 0) is 24.3 Å². The first-order valence-electron chi connectivity index (χ1n) is 6.99. The minimum absolute atomic E-state index is 0.134. The first-order chi connectivity index (χ1) is 11.3. The molecule has 0 saturated heterocycles. The van der Waals surface area contributed by atoms with Crippen molar-refractivity contribution < 1.29 is 36.3 Å². The monoisotopic (exact) mass is 382 g/mol. The van der Waals surface area contributed by atoms with Crippen molar-refractivity contribution in [3.8, 4) is 0 Å². The lowest BCUT2D eigenvalue weighted by Gasteiger charge is -2.19. The Kier molecular flexibility index (Phi) is 6.54. The lowest BCUT2D eigenvalue weighted by atomic mass is 10.2. The van der Waals surface area contributed by atoms with E-state index in [1.807, 2.05) is 0 Å². The van der Waals surface area contributed by atoms with Crippen molar-refractivity contribution in [1.29, 1.82) is 0 Å². The van der Waals surface area contributed by atoms with E-state index < -0.39 is 40.5 Å². The highest BCUT2D eigenvalue weighted by Gasteiger charge is 2.28. The van der Waals surface area contributed by atoms with Crippen molar-refractivity contribution in [2.45, 2.75) is 18.0 Å². The summed E-state index contributed by atoms with van der Waals surface area (Å²) in [6.45, 7) is -0.407. The normalized spacial score (nSPS) is 13.5. The van der Waals surface area contributed by atoms with E-state index in [9.17, 15) is 31.2 Å². The molecule has 0 aliphatic heterocycles. The number of sulfonamides is 1. The van der Waals surface area contributed by atoms with Gasteiger partial charge in [-0.15, -0.1) is 0 Å². The van der Waals surface area contributed by atoms with Gasteiger partial charge in [0.2, 0.25) is 10.0 Å². The number of nitrogens with one attached hydrogen (secondary N) is 1. The maximum atomic E-state index is 12.3. The van der Waals surface area contributed by atoms with Gasteiger partial charge in [0.05, 0.1) is 10.8 Å². The van der Waals surface area contributed by atoms with E-state index in [0.717, 1.165) is 28.6 Å². The van der Waals surface area contributed by atoms with Gasteiger partial charge in [0, 0.05) is 19.2 Å². The highest BCUT2D eigenvalue weighted by molar-refractivity contribution is 7.89. The van der Waals surface area contributed by atoms with E-state index in [1.54, 1.807) is 5.32 Å². The van der Waals surface area contributed by atoms with Gasteiger partial charge in [-0.1, -0.05) is 6.92 Å². The minimum atomic E-state index is -4.55. The van der Waals surface area contributed by atoms with Crippen LogP contribution in [0.4, 0.5) is 13.2 Å². The molecule has 2 N–H and O–H groups in total. The van der Waals surface area contributed by atoms with E-state index in [1.165, 1.54) is 14.0 Å². The second-order valence-electron chi connectivity index (χ2n) is 5.35. The largest absolute Gasteiger partial charge is 0.481 e. The second kappa shape index (κ2) is 7.83. The molecule has 0 heterocycles. The summed E-state index contributed by atoms with van der Waals surface area (Å²) in [5, 5.41) is 10.5. The summed E-state index contributed by atoms with van der Waals surface area (Å²) in [4.78, 5) is 22.2. The summed E-state index contributed by atoms with van der Waals surface area (Å²) in [5.74, 6) is -3.07. The molecule has 1 aromatic carbocycles. The molecule has 0 spiro atoms. The van der Waals surface area contributed by atoms with E-state index in [2.05, 4.69) is 0 Å². The van der Waals surface area contributed by atoms with E-state index in [-0.39, 0.29) is 17.0 Å². The molecule has 0 aromatic heterocycles. The van der Waals surface area contributed by atoms with Gasteiger partial charge in [0.15, 0.2) is 0 Å². The van der Waals surface area contributed by atoms with Crippen LogP contribution in [-0.4, -0.2) is 56.0 Å². The third-order valence-electron chi connectivity index (χ3n) is 3.23. The molecule has 1 aromatic rings. The fourth-order valence-corrected chi connectivity index (χ4v) is 3.06. The molecular formula is C14H17F3N2O5S. The van der Waals surface area contributed by atoms with Crippen molar-refractivity contribution >= 4 is 21.9 Å². The van der Waals surface area contributed by atoms with E-state index in [0.29, 0.717) is 0 Å². The Bertz CT molecular complexity index is 732. The Hall–Kier alpha value is -2.14. The van der Waals surface area contributed by atoms with Crippen molar-refractivity contribution in [2.75, 3.05) is 20.1 Å². The molecule has 1 rings (SSSR count). The first kappa shape index (κ1) is 20.9. The molecule has 0 bridgehead atoms. The summed E-state index contributed by atoms with van der Waals surface area (Å²) in [6, 6.07) is 4.29. The highest BCUT2D eigenvalue weighted by atomic mass is 32.2. The average molecular weight is 382 g/mol. The maximum Gasteiger partial charge on any atom is 0.405 e. The summed E-state index contributed by atoms with van der Waals surface area (Å²) in [5.41, 5.74) is -0.134. The third-order valence-corrected chi connectivity index (χ3v) is 5.06. The van der Waals surface area contributed by atoms with Gasteiger partial charge in [-0.25, -0.2) is 12.7 Å². The number of carboxylic acid groups (broad SMARTS) is 1. The van der Waals surface area contributed by atoms with Crippen molar-refractivity contribution in [2.24, 2.45) is 5.92 Å². The lowest BCUT2D eigenvalue weighted by molar-refractivity contribution is -0.141. The van der Waals surface area contributed by atoms with Gasteiger partial charge < -0.3 is 10.4 Å². The van der Waals surface area contributed by atoms with E-state index >= 15 is 0 Å². The molecule has 7 nitrogen and oxygen atoms in total. The third kappa shape index (κ3) is 6.02. The molecule has 0 fully saturated rings. The molecular weight excluding hydrogens is 365 g/mol.